The molecular weight excluding hydrogens is 374 g/mol. The topological polar surface area (TPSA) is 66.5 Å². The molecule has 0 bridgehead atoms. The maximum atomic E-state index is 13.9. The number of nitrogens with zero attached hydrogens (tertiary/aromatic N) is 1. The Bertz CT molecular complexity index is 891. The highest BCUT2D eigenvalue weighted by molar-refractivity contribution is 7.92. The molecule has 0 aliphatic heterocycles. The first-order chi connectivity index (χ1) is 11.7. The standard InChI is InChI=1S/C16H15ClF2N2O3S/c1-25(23,24)21(15-6-5-13(18)10-14(15)19)8-7-20-16(22)11-3-2-4-12(17)9-11/h2-6,9-10H,7-8H2,1H3,(H,20,22). The monoisotopic (exact) mass is 388 g/mol. The smallest absolute Gasteiger partial charge is 0.251 e. The van der Waals surface area contributed by atoms with Gasteiger partial charge in [-0.1, -0.05) is 17.7 Å². The fourth-order valence-corrected chi connectivity index (χ4v) is 3.27. The number of rotatable bonds is 6. The highest BCUT2D eigenvalue weighted by Gasteiger charge is 2.21. The van der Waals surface area contributed by atoms with E-state index in [2.05, 4.69) is 5.32 Å². The van der Waals surface area contributed by atoms with Crippen molar-refractivity contribution in [2.45, 2.75) is 0 Å². The van der Waals surface area contributed by atoms with Crippen LogP contribution in [0.2, 0.25) is 5.02 Å². The summed E-state index contributed by atoms with van der Waals surface area (Å²) in [4.78, 5) is 12.0. The Balaban J connectivity index is 2.10. The van der Waals surface area contributed by atoms with Gasteiger partial charge in [0.05, 0.1) is 18.5 Å². The molecule has 0 fully saturated rings. The largest absolute Gasteiger partial charge is 0.350 e. The fourth-order valence-electron chi connectivity index (χ4n) is 2.15. The van der Waals surface area contributed by atoms with E-state index in [0.29, 0.717) is 16.7 Å². The Morgan fingerprint density at radius 3 is 2.52 bits per heavy atom. The van der Waals surface area contributed by atoms with Crippen LogP contribution in [0.5, 0.6) is 0 Å². The lowest BCUT2D eigenvalue weighted by Gasteiger charge is -2.23. The van der Waals surface area contributed by atoms with E-state index < -0.39 is 27.6 Å². The minimum atomic E-state index is -3.82. The molecule has 2 rings (SSSR count). The third kappa shape index (κ3) is 5.14. The maximum Gasteiger partial charge on any atom is 0.251 e. The third-order valence-corrected chi connectivity index (χ3v) is 4.68. The minimum Gasteiger partial charge on any atom is -0.350 e. The summed E-state index contributed by atoms with van der Waals surface area (Å²) < 4.78 is 51.4. The van der Waals surface area contributed by atoms with Gasteiger partial charge in [-0.3, -0.25) is 9.10 Å². The van der Waals surface area contributed by atoms with Gasteiger partial charge in [0, 0.05) is 23.2 Å². The molecule has 1 amide bonds. The summed E-state index contributed by atoms with van der Waals surface area (Å²) in [5, 5.41) is 2.92. The summed E-state index contributed by atoms with van der Waals surface area (Å²) in [5.41, 5.74) is 0.0206. The molecule has 0 saturated carbocycles. The molecular formula is C16H15ClF2N2O3S. The zero-order valence-electron chi connectivity index (χ0n) is 13.2. The molecule has 0 aliphatic carbocycles. The summed E-state index contributed by atoms with van der Waals surface area (Å²) in [6.07, 6.45) is 0.897. The van der Waals surface area contributed by atoms with Gasteiger partial charge >= 0.3 is 0 Å². The van der Waals surface area contributed by atoms with Crippen LogP contribution in [0.4, 0.5) is 14.5 Å². The normalized spacial score (nSPS) is 11.2. The fraction of sp³-hybridized carbons (Fsp3) is 0.188. The summed E-state index contributed by atoms with van der Waals surface area (Å²) in [6, 6.07) is 8.82. The third-order valence-electron chi connectivity index (χ3n) is 3.27. The second-order valence-corrected chi connectivity index (χ2v) is 7.54. The van der Waals surface area contributed by atoms with Crippen molar-refractivity contribution in [3.05, 3.63) is 64.7 Å². The Morgan fingerprint density at radius 2 is 1.92 bits per heavy atom. The van der Waals surface area contributed by atoms with Crippen molar-refractivity contribution in [2.24, 2.45) is 0 Å². The minimum absolute atomic E-state index is 0.0742. The van der Waals surface area contributed by atoms with Crippen molar-refractivity contribution in [1.82, 2.24) is 5.32 Å². The molecule has 0 unspecified atom stereocenters. The number of benzene rings is 2. The number of halogens is 3. The van der Waals surface area contributed by atoms with Crippen LogP contribution in [0.25, 0.3) is 0 Å². The van der Waals surface area contributed by atoms with E-state index in [-0.39, 0.29) is 18.8 Å². The molecule has 0 radical (unpaired) electrons. The molecule has 0 heterocycles. The van der Waals surface area contributed by atoms with Crippen LogP contribution in [-0.2, 0) is 10.0 Å². The van der Waals surface area contributed by atoms with Gasteiger partial charge < -0.3 is 5.32 Å². The molecule has 2 aromatic rings. The van der Waals surface area contributed by atoms with Crippen molar-refractivity contribution >= 4 is 33.2 Å². The van der Waals surface area contributed by atoms with Gasteiger partial charge in [-0.15, -0.1) is 0 Å². The lowest BCUT2D eigenvalue weighted by molar-refractivity contribution is 0.0955. The molecule has 25 heavy (non-hydrogen) atoms. The number of anilines is 1. The molecule has 0 aromatic heterocycles. The SMILES string of the molecule is CS(=O)(=O)N(CCNC(=O)c1cccc(Cl)c1)c1ccc(F)cc1F. The van der Waals surface area contributed by atoms with Crippen LogP contribution in [0.1, 0.15) is 10.4 Å². The van der Waals surface area contributed by atoms with E-state index in [4.69, 9.17) is 11.6 Å². The van der Waals surface area contributed by atoms with E-state index in [1.54, 1.807) is 18.2 Å². The lowest BCUT2D eigenvalue weighted by atomic mass is 10.2. The van der Waals surface area contributed by atoms with Crippen LogP contribution in [0.15, 0.2) is 42.5 Å². The second kappa shape index (κ2) is 7.79. The van der Waals surface area contributed by atoms with Crippen molar-refractivity contribution in [3.8, 4) is 0 Å². The molecule has 1 N–H and O–H groups in total. The van der Waals surface area contributed by atoms with Crippen LogP contribution >= 0.6 is 11.6 Å². The van der Waals surface area contributed by atoms with Crippen molar-refractivity contribution in [1.29, 1.82) is 0 Å². The Hall–Kier alpha value is -2.19. The average molecular weight is 389 g/mol. The van der Waals surface area contributed by atoms with E-state index >= 15 is 0 Å². The molecule has 0 aliphatic rings. The van der Waals surface area contributed by atoms with Gasteiger partial charge in [0.15, 0.2) is 0 Å². The zero-order valence-corrected chi connectivity index (χ0v) is 14.7. The van der Waals surface area contributed by atoms with Crippen LogP contribution in [-0.4, -0.2) is 33.7 Å². The van der Waals surface area contributed by atoms with Crippen molar-refractivity contribution in [3.63, 3.8) is 0 Å². The van der Waals surface area contributed by atoms with E-state index in [1.165, 1.54) is 6.07 Å². The van der Waals surface area contributed by atoms with Crippen LogP contribution < -0.4 is 9.62 Å². The number of sulfonamides is 1. The number of hydrogen-bond donors (Lipinski definition) is 1. The van der Waals surface area contributed by atoms with Crippen molar-refractivity contribution in [2.75, 3.05) is 23.7 Å². The average Bonchev–Trinajstić information content (AvgIpc) is 2.51. The number of amides is 1. The van der Waals surface area contributed by atoms with Crippen LogP contribution in [0, 0.1) is 11.6 Å². The quantitative estimate of drug-likeness (QED) is 0.827. The predicted molar refractivity (Wildman–Crippen MR) is 92.3 cm³/mol. The summed E-state index contributed by atoms with van der Waals surface area (Å²) in [6.45, 7) is -0.289. The highest BCUT2D eigenvalue weighted by atomic mass is 35.5. The molecule has 5 nitrogen and oxygen atoms in total. The molecule has 0 atom stereocenters. The number of nitrogens with one attached hydrogen (secondary N) is 1. The lowest BCUT2D eigenvalue weighted by Crippen LogP contribution is -2.38. The Morgan fingerprint density at radius 1 is 1.20 bits per heavy atom. The van der Waals surface area contributed by atoms with Gasteiger partial charge in [0.1, 0.15) is 11.6 Å². The maximum absolute atomic E-state index is 13.9. The number of hydrogen-bond acceptors (Lipinski definition) is 3. The number of carbonyl (C=O) groups is 1. The second-order valence-electron chi connectivity index (χ2n) is 5.20. The predicted octanol–water partition coefficient (Wildman–Crippen LogP) is 2.81. The molecule has 134 valence electrons. The Labute approximate surface area is 149 Å². The van der Waals surface area contributed by atoms with E-state index in [0.717, 1.165) is 22.7 Å². The first kappa shape index (κ1) is 19.1. The van der Waals surface area contributed by atoms with Crippen LogP contribution in [0.3, 0.4) is 0 Å². The van der Waals surface area contributed by atoms with Gasteiger partial charge in [0.25, 0.3) is 5.91 Å². The van der Waals surface area contributed by atoms with Gasteiger partial charge in [-0.25, -0.2) is 17.2 Å². The van der Waals surface area contributed by atoms with E-state index in [9.17, 15) is 22.0 Å². The molecule has 2 aromatic carbocycles. The first-order valence-corrected chi connectivity index (χ1v) is 9.37. The summed E-state index contributed by atoms with van der Waals surface area (Å²) in [7, 11) is -3.82. The Kier molecular flexibility index (Phi) is 5.97. The van der Waals surface area contributed by atoms with E-state index in [1.807, 2.05) is 0 Å². The molecule has 9 heteroatoms. The number of carbonyl (C=O) groups excluding carboxylic acids is 1. The van der Waals surface area contributed by atoms with Gasteiger partial charge in [-0.05, 0) is 30.3 Å². The molecule has 0 spiro atoms. The summed E-state index contributed by atoms with van der Waals surface area (Å²) in [5.74, 6) is -2.27. The van der Waals surface area contributed by atoms with Gasteiger partial charge in [0.2, 0.25) is 10.0 Å². The van der Waals surface area contributed by atoms with Crippen molar-refractivity contribution < 1.29 is 22.0 Å². The highest BCUT2D eigenvalue weighted by Crippen LogP contribution is 2.22. The first-order valence-electron chi connectivity index (χ1n) is 7.15. The zero-order chi connectivity index (χ0) is 18.6. The summed E-state index contributed by atoms with van der Waals surface area (Å²) >= 11 is 5.80. The van der Waals surface area contributed by atoms with Gasteiger partial charge in [-0.2, -0.15) is 0 Å². The molecule has 0 saturated heterocycles.